The fourth-order valence-corrected chi connectivity index (χ4v) is 1.97. The lowest BCUT2D eigenvalue weighted by Gasteiger charge is -2.10. The van der Waals surface area contributed by atoms with E-state index in [2.05, 4.69) is 40.3 Å². The molecule has 0 unspecified atom stereocenters. The molecule has 102 valence electrons. The summed E-state index contributed by atoms with van der Waals surface area (Å²) in [4.78, 5) is 4.23. The summed E-state index contributed by atoms with van der Waals surface area (Å²) in [6, 6.07) is 6.04. The summed E-state index contributed by atoms with van der Waals surface area (Å²) in [7, 11) is 0. The average molecular weight is 259 g/mol. The Labute approximate surface area is 114 Å². The van der Waals surface area contributed by atoms with Crippen LogP contribution < -0.4 is 10.1 Å². The molecule has 0 fully saturated rings. The Balaban J connectivity index is 1.97. The maximum atomic E-state index is 5.49. The minimum Gasteiger partial charge on any atom is -0.476 e. The highest BCUT2D eigenvalue weighted by Crippen LogP contribution is 2.21. The van der Waals surface area contributed by atoms with Crippen molar-refractivity contribution < 1.29 is 4.74 Å². The van der Waals surface area contributed by atoms with Crippen molar-refractivity contribution in [2.45, 2.75) is 33.4 Å². The van der Waals surface area contributed by atoms with Crippen LogP contribution in [0.4, 0.5) is 5.69 Å². The van der Waals surface area contributed by atoms with Gasteiger partial charge in [0.15, 0.2) is 0 Å². The van der Waals surface area contributed by atoms with Crippen LogP contribution in [0.25, 0.3) is 0 Å². The Morgan fingerprint density at radius 3 is 3.00 bits per heavy atom. The molecular weight excluding hydrogens is 238 g/mol. The molecule has 4 heteroatoms. The Hall–Kier alpha value is -1.97. The summed E-state index contributed by atoms with van der Waals surface area (Å²) >= 11 is 0. The molecule has 0 aliphatic carbocycles. The van der Waals surface area contributed by atoms with Gasteiger partial charge in [-0.05, 0) is 37.1 Å². The standard InChI is InChI=1S/C15H21N3O/c1-3-9-18-10-7-13(12-18)11-17-14-6-5-8-16-15(14)19-4-2/h5-8,10,12,17H,3-4,9,11H2,1-2H3. The van der Waals surface area contributed by atoms with E-state index in [-0.39, 0.29) is 0 Å². The SMILES string of the molecule is CCCn1ccc(CNc2cccnc2OCC)c1. The zero-order chi connectivity index (χ0) is 13.5. The number of nitrogens with zero attached hydrogens (tertiary/aromatic N) is 2. The van der Waals surface area contributed by atoms with Crippen molar-refractivity contribution in [1.29, 1.82) is 0 Å². The zero-order valence-corrected chi connectivity index (χ0v) is 11.6. The van der Waals surface area contributed by atoms with Crippen LogP contribution in [0.5, 0.6) is 5.88 Å². The average Bonchev–Trinajstić information content (AvgIpc) is 2.86. The molecule has 0 amide bonds. The van der Waals surface area contributed by atoms with Crippen LogP contribution in [0.15, 0.2) is 36.8 Å². The second-order valence-corrected chi connectivity index (χ2v) is 4.40. The number of hydrogen-bond acceptors (Lipinski definition) is 3. The first-order valence-corrected chi connectivity index (χ1v) is 6.79. The lowest BCUT2D eigenvalue weighted by atomic mass is 10.3. The van der Waals surface area contributed by atoms with E-state index in [0.29, 0.717) is 12.5 Å². The van der Waals surface area contributed by atoms with Gasteiger partial charge in [-0.25, -0.2) is 4.98 Å². The van der Waals surface area contributed by atoms with Crippen molar-refractivity contribution in [3.63, 3.8) is 0 Å². The Bertz CT molecular complexity index is 508. The number of nitrogens with one attached hydrogen (secondary N) is 1. The Morgan fingerprint density at radius 2 is 2.21 bits per heavy atom. The van der Waals surface area contributed by atoms with E-state index in [9.17, 15) is 0 Å². The second kappa shape index (κ2) is 6.83. The molecule has 0 radical (unpaired) electrons. The van der Waals surface area contributed by atoms with E-state index < -0.39 is 0 Å². The lowest BCUT2D eigenvalue weighted by Crippen LogP contribution is -2.03. The summed E-state index contributed by atoms with van der Waals surface area (Å²) in [6.07, 6.45) is 7.19. The molecule has 0 bridgehead atoms. The quantitative estimate of drug-likeness (QED) is 0.829. The maximum Gasteiger partial charge on any atom is 0.237 e. The van der Waals surface area contributed by atoms with Crippen LogP contribution in [0.2, 0.25) is 0 Å². The third-order valence-corrected chi connectivity index (χ3v) is 2.83. The molecule has 0 aromatic carbocycles. The minimum atomic E-state index is 0.624. The first-order valence-electron chi connectivity index (χ1n) is 6.79. The predicted octanol–water partition coefficient (Wildman–Crippen LogP) is 3.30. The van der Waals surface area contributed by atoms with Gasteiger partial charge in [0.1, 0.15) is 0 Å². The van der Waals surface area contributed by atoms with Crippen LogP contribution in [0.1, 0.15) is 25.8 Å². The smallest absolute Gasteiger partial charge is 0.237 e. The molecule has 0 aliphatic heterocycles. The van der Waals surface area contributed by atoms with Gasteiger partial charge in [0.25, 0.3) is 0 Å². The maximum absolute atomic E-state index is 5.49. The minimum absolute atomic E-state index is 0.624. The van der Waals surface area contributed by atoms with E-state index >= 15 is 0 Å². The highest BCUT2D eigenvalue weighted by molar-refractivity contribution is 5.52. The highest BCUT2D eigenvalue weighted by atomic mass is 16.5. The van der Waals surface area contributed by atoms with E-state index in [1.54, 1.807) is 6.20 Å². The van der Waals surface area contributed by atoms with Crippen molar-refractivity contribution in [3.8, 4) is 5.88 Å². The molecular formula is C15H21N3O. The van der Waals surface area contributed by atoms with Gasteiger partial charge in [0.05, 0.1) is 12.3 Å². The van der Waals surface area contributed by atoms with Gasteiger partial charge >= 0.3 is 0 Å². The van der Waals surface area contributed by atoms with Crippen LogP contribution in [0.3, 0.4) is 0 Å². The fourth-order valence-electron chi connectivity index (χ4n) is 1.97. The third kappa shape index (κ3) is 3.74. The topological polar surface area (TPSA) is 39.1 Å². The molecule has 2 heterocycles. The van der Waals surface area contributed by atoms with E-state index in [0.717, 1.165) is 25.2 Å². The number of ether oxygens (including phenoxy) is 1. The van der Waals surface area contributed by atoms with Gasteiger partial charge < -0.3 is 14.6 Å². The summed E-state index contributed by atoms with van der Waals surface area (Å²) in [6.45, 7) is 6.61. The van der Waals surface area contributed by atoms with Crippen molar-refractivity contribution in [3.05, 3.63) is 42.4 Å². The number of aromatic nitrogens is 2. The molecule has 2 aromatic rings. The van der Waals surface area contributed by atoms with Crippen LogP contribution in [-0.2, 0) is 13.1 Å². The molecule has 0 aliphatic rings. The van der Waals surface area contributed by atoms with E-state index in [1.807, 2.05) is 19.1 Å². The monoisotopic (exact) mass is 259 g/mol. The number of pyridine rings is 1. The highest BCUT2D eigenvalue weighted by Gasteiger charge is 2.04. The van der Waals surface area contributed by atoms with Crippen LogP contribution >= 0.6 is 0 Å². The van der Waals surface area contributed by atoms with Gasteiger partial charge in [-0.2, -0.15) is 0 Å². The van der Waals surface area contributed by atoms with Gasteiger partial charge in [-0.1, -0.05) is 6.92 Å². The summed E-state index contributed by atoms with van der Waals surface area (Å²) in [5.74, 6) is 0.665. The van der Waals surface area contributed by atoms with Crippen molar-refractivity contribution in [1.82, 2.24) is 9.55 Å². The first kappa shape index (κ1) is 13.5. The first-order chi connectivity index (χ1) is 9.33. The molecule has 4 nitrogen and oxygen atoms in total. The summed E-state index contributed by atoms with van der Waals surface area (Å²) in [5, 5.41) is 3.37. The van der Waals surface area contributed by atoms with Gasteiger partial charge in [-0.3, -0.25) is 0 Å². The van der Waals surface area contributed by atoms with Crippen molar-refractivity contribution in [2.24, 2.45) is 0 Å². The number of aryl methyl sites for hydroxylation is 1. The van der Waals surface area contributed by atoms with Crippen LogP contribution in [0, 0.1) is 0 Å². The summed E-state index contributed by atoms with van der Waals surface area (Å²) < 4.78 is 7.70. The van der Waals surface area contributed by atoms with Gasteiger partial charge in [-0.15, -0.1) is 0 Å². The molecule has 0 spiro atoms. The molecule has 0 saturated heterocycles. The Morgan fingerprint density at radius 1 is 1.32 bits per heavy atom. The third-order valence-electron chi connectivity index (χ3n) is 2.83. The number of anilines is 1. The summed E-state index contributed by atoms with van der Waals surface area (Å²) in [5.41, 5.74) is 2.20. The van der Waals surface area contributed by atoms with Gasteiger partial charge in [0.2, 0.25) is 5.88 Å². The van der Waals surface area contributed by atoms with Crippen molar-refractivity contribution >= 4 is 5.69 Å². The van der Waals surface area contributed by atoms with Crippen LogP contribution in [-0.4, -0.2) is 16.2 Å². The normalized spacial score (nSPS) is 10.4. The largest absolute Gasteiger partial charge is 0.476 e. The van der Waals surface area contributed by atoms with E-state index in [4.69, 9.17) is 4.74 Å². The molecule has 2 rings (SSSR count). The van der Waals surface area contributed by atoms with Gasteiger partial charge in [0, 0.05) is 31.7 Å². The molecule has 1 N–H and O–H groups in total. The molecule has 2 aromatic heterocycles. The second-order valence-electron chi connectivity index (χ2n) is 4.40. The fraction of sp³-hybridized carbons (Fsp3) is 0.400. The lowest BCUT2D eigenvalue weighted by molar-refractivity contribution is 0.328. The number of hydrogen-bond donors (Lipinski definition) is 1. The molecule has 0 saturated carbocycles. The van der Waals surface area contributed by atoms with Crippen molar-refractivity contribution in [2.75, 3.05) is 11.9 Å². The molecule has 0 atom stereocenters. The van der Waals surface area contributed by atoms with E-state index in [1.165, 1.54) is 5.56 Å². The zero-order valence-electron chi connectivity index (χ0n) is 11.6. The Kier molecular flexibility index (Phi) is 4.84. The number of rotatable bonds is 7. The molecule has 19 heavy (non-hydrogen) atoms. The predicted molar refractivity (Wildman–Crippen MR) is 77.5 cm³/mol.